The molecular weight excluding hydrogens is 854 g/mol. The SMILES string of the molecule is CCN(C)S(=O)(=O)Nc1ccc(F)c(Oc2ccc3ncc([C@H]4COC5(CCN(C6CCC(c7cc8c(cc7F)c(N7CCC(O)NC7=O)nn8C)CC6F)CC5)C4)nc3c2)c1C#N. The minimum atomic E-state index is -4.00. The van der Waals surface area contributed by atoms with Crippen LogP contribution in [0.15, 0.2) is 48.7 Å². The summed E-state index contributed by atoms with van der Waals surface area (Å²) in [4.78, 5) is 25.7. The van der Waals surface area contributed by atoms with Gasteiger partial charge in [-0.2, -0.15) is 23.1 Å². The van der Waals surface area contributed by atoms with Gasteiger partial charge in [0, 0.05) is 76.3 Å². The van der Waals surface area contributed by atoms with E-state index in [0.29, 0.717) is 91.5 Å². The highest BCUT2D eigenvalue weighted by atomic mass is 32.2. The molecule has 5 atom stereocenters. The van der Waals surface area contributed by atoms with E-state index >= 15 is 13.2 Å². The number of aliphatic hydroxyl groups is 1. The maximum atomic E-state index is 16.2. The quantitative estimate of drug-likeness (QED) is 0.142. The van der Waals surface area contributed by atoms with Crippen molar-refractivity contribution < 1.29 is 41.0 Å². The molecular formula is C44H49F3N10O6S. The topological polar surface area (TPSA) is 191 Å². The molecule has 1 spiro atoms. The van der Waals surface area contributed by atoms with Crippen LogP contribution in [-0.2, 0) is 22.0 Å². The number of amides is 2. The number of likely N-dealkylation sites (tertiary alicyclic amines) is 1. The number of fused-ring (bicyclic) bond motifs is 2. The predicted molar refractivity (Wildman–Crippen MR) is 231 cm³/mol. The molecule has 9 rings (SSSR count). The van der Waals surface area contributed by atoms with Gasteiger partial charge in [-0.3, -0.25) is 24.2 Å². The van der Waals surface area contributed by atoms with Crippen molar-refractivity contribution in [3.8, 4) is 17.6 Å². The van der Waals surface area contributed by atoms with Gasteiger partial charge in [0.15, 0.2) is 17.4 Å². The molecule has 3 N–H and O–H groups in total. The van der Waals surface area contributed by atoms with Gasteiger partial charge in [-0.15, -0.1) is 0 Å². The Labute approximate surface area is 368 Å². The molecule has 3 aliphatic heterocycles. The summed E-state index contributed by atoms with van der Waals surface area (Å²) in [6.07, 6.45) is 3.47. The lowest BCUT2D eigenvalue weighted by Gasteiger charge is -2.45. The van der Waals surface area contributed by atoms with Gasteiger partial charge in [-0.25, -0.2) is 22.9 Å². The number of urea groups is 1. The number of nitriles is 1. The third kappa shape index (κ3) is 8.19. The van der Waals surface area contributed by atoms with Gasteiger partial charge in [-0.05, 0) is 86.4 Å². The zero-order valence-electron chi connectivity index (χ0n) is 35.6. The normalized spacial score (nSPS) is 24.1. The number of rotatable bonds is 10. The molecule has 20 heteroatoms. The number of aromatic nitrogens is 4. The lowest BCUT2D eigenvalue weighted by molar-refractivity contribution is -0.0621. The van der Waals surface area contributed by atoms with Crippen LogP contribution >= 0.6 is 0 Å². The minimum absolute atomic E-state index is 0.0568. The summed E-state index contributed by atoms with van der Waals surface area (Å²) in [5.74, 6) is -1.62. The summed E-state index contributed by atoms with van der Waals surface area (Å²) < 4.78 is 89.8. The summed E-state index contributed by atoms with van der Waals surface area (Å²) in [5, 5.41) is 27.2. The van der Waals surface area contributed by atoms with Crippen LogP contribution in [-0.4, -0.2) is 112 Å². The van der Waals surface area contributed by atoms with Crippen LogP contribution in [0.4, 0.5) is 29.5 Å². The average Bonchev–Trinajstić information content (AvgIpc) is 3.83. The number of carbonyl (C=O) groups excluding carboxylic acids is 1. The first-order chi connectivity index (χ1) is 30.7. The number of aliphatic hydroxyl groups excluding tert-OH is 1. The summed E-state index contributed by atoms with van der Waals surface area (Å²) in [6, 6.07) is 11.2. The van der Waals surface area contributed by atoms with Crippen molar-refractivity contribution in [2.45, 2.75) is 87.7 Å². The number of nitrogens with one attached hydrogen (secondary N) is 2. The molecule has 2 amide bonds. The molecule has 0 bridgehead atoms. The van der Waals surface area contributed by atoms with E-state index in [2.05, 4.69) is 25.0 Å². The number of halogens is 3. The number of nitrogens with zero attached hydrogens (tertiary/aromatic N) is 8. The van der Waals surface area contributed by atoms with Crippen molar-refractivity contribution in [3.63, 3.8) is 0 Å². The number of benzene rings is 3. The molecule has 3 aromatic carbocycles. The summed E-state index contributed by atoms with van der Waals surface area (Å²) >= 11 is 0. The molecule has 1 saturated carbocycles. The molecule has 64 heavy (non-hydrogen) atoms. The van der Waals surface area contributed by atoms with Crippen LogP contribution < -0.4 is 19.7 Å². The zero-order chi connectivity index (χ0) is 45.1. The van der Waals surface area contributed by atoms with E-state index in [1.165, 1.54) is 24.1 Å². The van der Waals surface area contributed by atoms with Crippen molar-refractivity contribution in [1.29, 1.82) is 5.26 Å². The molecule has 0 radical (unpaired) electrons. The summed E-state index contributed by atoms with van der Waals surface area (Å²) in [7, 11) is -0.899. The molecule has 1 aliphatic carbocycles. The van der Waals surface area contributed by atoms with Crippen LogP contribution in [0.3, 0.4) is 0 Å². The summed E-state index contributed by atoms with van der Waals surface area (Å²) in [5.41, 5.74) is 2.01. The van der Waals surface area contributed by atoms with E-state index in [1.54, 1.807) is 49.1 Å². The Hall–Kier alpha value is -5.59. The van der Waals surface area contributed by atoms with Gasteiger partial charge >= 0.3 is 16.2 Å². The number of ether oxygens (including phenoxy) is 2. The Morgan fingerprint density at radius 1 is 1.08 bits per heavy atom. The molecule has 16 nitrogen and oxygen atoms in total. The molecule has 4 aliphatic rings. The zero-order valence-corrected chi connectivity index (χ0v) is 36.4. The first-order valence-electron chi connectivity index (χ1n) is 21.5. The maximum Gasteiger partial charge on any atom is 0.325 e. The van der Waals surface area contributed by atoms with Crippen molar-refractivity contribution in [2.24, 2.45) is 7.05 Å². The molecule has 5 heterocycles. The number of anilines is 2. The Bertz CT molecular complexity index is 2780. The second kappa shape index (κ2) is 17.1. The van der Waals surface area contributed by atoms with E-state index in [0.717, 1.165) is 16.1 Å². The van der Waals surface area contributed by atoms with Gasteiger partial charge in [0.05, 0.1) is 40.1 Å². The molecule has 4 fully saturated rings. The second-order valence-corrected chi connectivity index (χ2v) is 19.0. The fourth-order valence-electron chi connectivity index (χ4n) is 9.70. The number of hydrogen-bond donors (Lipinski definition) is 3. The molecule has 338 valence electrons. The van der Waals surface area contributed by atoms with Crippen LogP contribution in [0, 0.1) is 23.0 Å². The minimum Gasteiger partial charge on any atom is -0.453 e. The predicted octanol–water partition coefficient (Wildman–Crippen LogP) is 6.32. The van der Waals surface area contributed by atoms with E-state index in [4.69, 9.17) is 14.5 Å². The van der Waals surface area contributed by atoms with Crippen LogP contribution in [0.25, 0.3) is 21.9 Å². The lowest BCUT2D eigenvalue weighted by Crippen LogP contribution is -2.52. The summed E-state index contributed by atoms with van der Waals surface area (Å²) in [6.45, 7) is 3.82. The largest absolute Gasteiger partial charge is 0.453 e. The highest BCUT2D eigenvalue weighted by Crippen LogP contribution is 2.46. The van der Waals surface area contributed by atoms with Crippen LogP contribution in [0.2, 0.25) is 0 Å². The van der Waals surface area contributed by atoms with Gasteiger partial charge in [0.25, 0.3) is 0 Å². The number of piperidine rings is 1. The fraction of sp³-hybridized carbons (Fsp3) is 0.477. The van der Waals surface area contributed by atoms with E-state index in [-0.39, 0.29) is 54.4 Å². The first kappa shape index (κ1) is 43.7. The van der Waals surface area contributed by atoms with Crippen molar-refractivity contribution in [1.82, 2.24) is 34.3 Å². The third-order valence-corrected chi connectivity index (χ3v) is 15.0. The third-order valence-electron chi connectivity index (χ3n) is 13.4. The molecule has 4 unspecified atom stereocenters. The van der Waals surface area contributed by atoms with E-state index in [1.807, 2.05) is 6.07 Å². The number of aryl methyl sites for hydroxylation is 1. The highest BCUT2D eigenvalue weighted by Gasteiger charge is 2.46. The van der Waals surface area contributed by atoms with Crippen molar-refractivity contribution in [3.05, 3.63) is 77.1 Å². The first-order valence-corrected chi connectivity index (χ1v) is 23.0. The van der Waals surface area contributed by atoms with E-state index < -0.39 is 51.6 Å². The van der Waals surface area contributed by atoms with Crippen LogP contribution in [0.5, 0.6) is 11.5 Å². The van der Waals surface area contributed by atoms with Crippen molar-refractivity contribution >= 4 is 49.7 Å². The van der Waals surface area contributed by atoms with Crippen molar-refractivity contribution in [2.75, 3.05) is 49.5 Å². The van der Waals surface area contributed by atoms with E-state index in [9.17, 15) is 23.6 Å². The lowest BCUT2D eigenvalue weighted by atomic mass is 9.78. The number of carbonyl (C=O) groups is 1. The monoisotopic (exact) mass is 902 g/mol. The van der Waals surface area contributed by atoms with Gasteiger partial charge < -0.3 is 19.9 Å². The fourth-order valence-corrected chi connectivity index (χ4v) is 10.6. The Morgan fingerprint density at radius 2 is 1.88 bits per heavy atom. The maximum absolute atomic E-state index is 16.2. The highest BCUT2D eigenvalue weighted by molar-refractivity contribution is 7.90. The van der Waals surface area contributed by atoms with Gasteiger partial charge in [0.2, 0.25) is 0 Å². The molecule has 5 aromatic rings. The number of hydrogen-bond acceptors (Lipinski definition) is 11. The Morgan fingerprint density at radius 3 is 2.61 bits per heavy atom. The Balaban J connectivity index is 0.830. The average molecular weight is 903 g/mol. The Kier molecular flexibility index (Phi) is 11.7. The van der Waals surface area contributed by atoms with Gasteiger partial charge in [-0.1, -0.05) is 6.92 Å². The van der Waals surface area contributed by atoms with Gasteiger partial charge in [0.1, 0.15) is 35.6 Å². The second-order valence-electron chi connectivity index (χ2n) is 17.2. The molecule has 2 aromatic heterocycles. The smallest absolute Gasteiger partial charge is 0.325 e. The van der Waals surface area contributed by atoms with Crippen LogP contribution in [0.1, 0.15) is 80.5 Å². The number of alkyl halides is 1. The molecule has 3 saturated heterocycles. The standard InChI is InChI=1S/C44H49F3N10O6S/c1-4-54(2)64(60,61)53-34-9-7-31(45)41(30(34)22-48)63-27-6-8-35-36(18-27)50-37(23-49-35)26-21-44(62-24-26)12-15-56(16-13-44)38-10-5-25(17-33(38)47)28-20-39-29(19-32(28)46)42(52-55(39)3)57-14-11-40(58)51-43(57)59/h6-9,18-20,23,25-26,33,38,40,53,58H,4-5,10-17,21,24H2,1-3H3,(H,51,59)/t25?,26-,33?,38?,40?/m1/s1.